The Labute approximate surface area is 174 Å². The van der Waals surface area contributed by atoms with Crippen molar-refractivity contribution in [2.75, 3.05) is 26.2 Å². The first-order chi connectivity index (χ1) is 14.4. The van der Waals surface area contributed by atoms with Gasteiger partial charge in [-0.05, 0) is 6.07 Å². The lowest BCUT2D eigenvalue weighted by atomic mass is 10.1. The third kappa shape index (κ3) is 5.69. The van der Waals surface area contributed by atoms with Crippen LogP contribution in [0.3, 0.4) is 0 Å². The van der Waals surface area contributed by atoms with Crippen LogP contribution in [-0.2, 0) is 18.3 Å². The summed E-state index contributed by atoms with van der Waals surface area (Å²) in [6, 6.07) is 11.4. The summed E-state index contributed by atoms with van der Waals surface area (Å²) in [5.41, 5.74) is 2.61. The molecule has 0 spiro atoms. The quantitative estimate of drug-likeness (QED) is 0.665. The monoisotopic (exact) mass is 450 g/mol. The molecule has 31 heavy (non-hydrogen) atoms. The highest BCUT2D eigenvalue weighted by Gasteiger charge is 2.60. The van der Waals surface area contributed by atoms with Gasteiger partial charge < -0.3 is 9.64 Å². The van der Waals surface area contributed by atoms with E-state index in [0.29, 0.717) is 6.54 Å². The van der Waals surface area contributed by atoms with E-state index >= 15 is 0 Å². The van der Waals surface area contributed by atoms with Gasteiger partial charge in [0.05, 0.1) is 11.4 Å². The zero-order valence-corrected chi connectivity index (χ0v) is 16.5. The minimum Gasteiger partial charge on any atom is -0.426 e. The van der Waals surface area contributed by atoms with Gasteiger partial charge in [-0.25, -0.2) is 4.79 Å². The molecule has 0 saturated carbocycles. The lowest BCUT2D eigenvalue weighted by Crippen LogP contribution is -2.52. The molecular formula is C19H20F6N4O2. The Morgan fingerprint density at radius 1 is 1.03 bits per heavy atom. The second-order valence-corrected chi connectivity index (χ2v) is 7.12. The number of carbonyl (C=O) groups excluding carboxylic acids is 1. The molecule has 0 atom stereocenters. The second kappa shape index (κ2) is 8.77. The molecule has 170 valence electrons. The molecule has 1 fully saturated rings. The summed E-state index contributed by atoms with van der Waals surface area (Å²) >= 11 is 0. The third-order valence-corrected chi connectivity index (χ3v) is 4.88. The standard InChI is InChI=1S/C19H20F6N4O2/c1-27-14(11-15(26-27)13-5-3-2-4-6-13)12-28-7-9-29(10-8-28)17(30)31-16(18(20,21)22)19(23,24)25/h2-6,11,16H,7-10,12H2,1H3. The number of hydrogen-bond acceptors (Lipinski definition) is 4. The fourth-order valence-electron chi connectivity index (χ4n) is 3.22. The van der Waals surface area contributed by atoms with E-state index in [1.807, 2.05) is 41.3 Å². The molecule has 0 bridgehead atoms. The van der Waals surface area contributed by atoms with Gasteiger partial charge in [-0.2, -0.15) is 31.4 Å². The van der Waals surface area contributed by atoms with Crippen molar-refractivity contribution < 1.29 is 35.9 Å². The van der Waals surface area contributed by atoms with Crippen LogP contribution in [0.1, 0.15) is 5.69 Å². The number of alkyl halides is 6. The number of piperazine rings is 1. The molecule has 2 heterocycles. The van der Waals surface area contributed by atoms with Crippen molar-refractivity contribution in [3.8, 4) is 11.3 Å². The highest BCUT2D eigenvalue weighted by molar-refractivity contribution is 5.68. The second-order valence-electron chi connectivity index (χ2n) is 7.12. The molecule has 0 aliphatic carbocycles. The van der Waals surface area contributed by atoms with Crippen LogP contribution < -0.4 is 0 Å². The van der Waals surface area contributed by atoms with E-state index in [-0.39, 0.29) is 26.2 Å². The van der Waals surface area contributed by atoms with Gasteiger partial charge in [0, 0.05) is 45.3 Å². The average molecular weight is 450 g/mol. The molecule has 0 unspecified atom stereocenters. The van der Waals surface area contributed by atoms with Gasteiger partial charge in [0.2, 0.25) is 0 Å². The predicted molar refractivity (Wildman–Crippen MR) is 97.9 cm³/mol. The topological polar surface area (TPSA) is 50.6 Å². The molecule has 1 aromatic heterocycles. The van der Waals surface area contributed by atoms with Crippen LogP contribution in [0.2, 0.25) is 0 Å². The molecule has 1 aromatic carbocycles. The molecule has 12 heteroatoms. The number of ether oxygens (including phenoxy) is 1. The average Bonchev–Trinajstić information content (AvgIpc) is 3.06. The SMILES string of the molecule is Cn1nc(-c2ccccc2)cc1CN1CCN(C(=O)OC(C(F)(F)F)C(F)(F)F)CC1. The Morgan fingerprint density at radius 2 is 1.61 bits per heavy atom. The molecule has 3 rings (SSSR count). The Balaban J connectivity index is 1.56. The summed E-state index contributed by atoms with van der Waals surface area (Å²) in [7, 11) is 1.78. The lowest BCUT2D eigenvalue weighted by molar-refractivity contribution is -0.308. The minimum absolute atomic E-state index is 0.0509. The van der Waals surface area contributed by atoms with Crippen LogP contribution in [0, 0.1) is 0 Å². The van der Waals surface area contributed by atoms with E-state index in [4.69, 9.17) is 0 Å². The Hall–Kier alpha value is -2.76. The van der Waals surface area contributed by atoms with Crippen LogP contribution in [0.4, 0.5) is 31.1 Å². The van der Waals surface area contributed by atoms with E-state index in [9.17, 15) is 31.1 Å². The summed E-state index contributed by atoms with van der Waals surface area (Å²) < 4.78 is 80.9. The summed E-state index contributed by atoms with van der Waals surface area (Å²) in [6.07, 6.45) is -17.2. The van der Waals surface area contributed by atoms with Crippen LogP contribution in [-0.4, -0.2) is 70.3 Å². The molecular weight excluding hydrogens is 430 g/mol. The zero-order chi connectivity index (χ0) is 22.8. The number of halogens is 6. The zero-order valence-electron chi connectivity index (χ0n) is 16.5. The minimum atomic E-state index is -5.73. The molecule has 6 nitrogen and oxygen atoms in total. The van der Waals surface area contributed by atoms with E-state index in [1.165, 1.54) is 0 Å². The first-order valence-corrected chi connectivity index (χ1v) is 9.35. The van der Waals surface area contributed by atoms with Crippen LogP contribution in [0.25, 0.3) is 11.3 Å². The number of amides is 1. The van der Waals surface area contributed by atoms with Gasteiger partial charge in [0.15, 0.2) is 0 Å². The Morgan fingerprint density at radius 3 is 2.16 bits per heavy atom. The number of rotatable bonds is 4. The van der Waals surface area contributed by atoms with Gasteiger partial charge >= 0.3 is 18.4 Å². The number of nitrogens with zero attached hydrogens (tertiary/aromatic N) is 4. The van der Waals surface area contributed by atoms with Crippen molar-refractivity contribution in [1.82, 2.24) is 19.6 Å². The predicted octanol–water partition coefficient (Wildman–Crippen LogP) is 3.83. The van der Waals surface area contributed by atoms with Crippen molar-refractivity contribution in [3.05, 3.63) is 42.1 Å². The van der Waals surface area contributed by atoms with Crippen LogP contribution >= 0.6 is 0 Å². The fraction of sp³-hybridized carbons (Fsp3) is 0.474. The van der Waals surface area contributed by atoms with Gasteiger partial charge in [0.1, 0.15) is 0 Å². The summed E-state index contributed by atoms with van der Waals surface area (Å²) in [6.45, 7) is 0.898. The molecule has 1 amide bonds. The van der Waals surface area contributed by atoms with Gasteiger partial charge in [-0.3, -0.25) is 9.58 Å². The molecule has 2 aromatic rings. The maximum Gasteiger partial charge on any atom is 0.434 e. The number of aryl methyl sites for hydroxylation is 1. The van der Waals surface area contributed by atoms with Gasteiger partial charge in [-0.1, -0.05) is 30.3 Å². The molecule has 1 saturated heterocycles. The van der Waals surface area contributed by atoms with Crippen molar-refractivity contribution in [3.63, 3.8) is 0 Å². The van der Waals surface area contributed by atoms with E-state index in [2.05, 4.69) is 9.84 Å². The number of aromatic nitrogens is 2. The van der Waals surface area contributed by atoms with E-state index < -0.39 is 24.5 Å². The summed E-state index contributed by atoms with van der Waals surface area (Å²) in [5, 5.41) is 4.46. The molecule has 1 aliphatic heterocycles. The highest BCUT2D eigenvalue weighted by atomic mass is 19.4. The van der Waals surface area contributed by atoms with Crippen molar-refractivity contribution in [1.29, 1.82) is 0 Å². The molecule has 1 aliphatic rings. The summed E-state index contributed by atoms with van der Waals surface area (Å²) in [4.78, 5) is 14.6. The van der Waals surface area contributed by atoms with Crippen molar-refractivity contribution >= 4 is 6.09 Å². The highest BCUT2D eigenvalue weighted by Crippen LogP contribution is 2.36. The lowest BCUT2D eigenvalue weighted by Gasteiger charge is -2.35. The maximum absolute atomic E-state index is 12.6. The number of carbonyl (C=O) groups is 1. The number of hydrogen-bond donors (Lipinski definition) is 0. The third-order valence-electron chi connectivity index (χ3n) is 4.88. The van der Waals surface area contributed by atoms with E-state index in [0.717, 1.165) is 21.9 Å². The van der Waals surface area contributed by atoms with Crippen LogP contribution in [0.15, 0.2) is 36.4 Å². The number of benzene rings is 1. The van der Waals surface area contributed by atoms with Gasteiger partial charge in [-0.15, -0.1) is 0 Å². The largest absolute Gasteiger partial charge is 0.434 e. The fourth-order valence-corrected chi connectivity index (χ4v) is 3.22. The first kappa shape index (κ1) is 22.9. The van der Waals surface area contributed by atoms with Gasteiger partial charge in [0.25, 0.3) is 6.10 Å². The maximum atomic E-state index is 12.6. The first-order valence-electron chi connectivity index (χ1n) is 9.35. The van der Waals surface area contributed by atoms with E-state index in [1.54, 1.807) is 11.7 Å². The molecule has 0 radical (unpaired) electrons. The molecule has 0 N–H and O–H groups in total. The smallest absolute Gasteiger partial charge is 0.426 e. The van der Waals surface area contributed by atoms with Crippen molar-refractivity contribution in [2.24, 2.45) is 7.05 Å². The normalized spacial score (nSPS) is 16.1. The summed E-state index contributed by atoms with van der Waals surface area (Å²) in [5.74, 6) is 0. The van der Waals surface area contributed by atoms with Crippen molar-refractivity contribution in [2.45, 2.75) is 25.0 Å². The Kier molecular flexibility index (Phi) is 6.48. The van der Waals surface area contributed by atoms with Crippen LogP contribution in [0.5, 0.6) is 0 Å². The Bertz CT molecular complexity index is 875.